The number of nitrogens with one attached hydrogen (secondary N) is 1. The Morgan fingerprint density at radius 2 is 1.77 bits per heavy atom. The average Bonchev–Trinajstić information content (AvgIpc) is 3.40. The van der Waals surface area contributed by atoms with E-state index in [9.17, 15) is 18.3 Å². The fraction of sp³-hybridized carbons (Fsp3) is 0.333. The number of hydrogen-bond donors (Lipinski definition) is 2. The normalized spacial score (nSPS) is 13.5. The number of ether oxygens (including phenoxy) is 1. The van der Waals surface area contributed by atoms with Crippen molar-refractivity contribution in [2.24, 2.45) is 5.92 Å². The molecule has 0 saturated heterocycles. The lowest BCUT2D eigenvalue weighted by molar-refractivity contribution is 0.0873. The first-order valence-electron chi connectivity index (χ1n) is 12.5. The summed E-state index contributed by atoms with van der Waals surface area (Å²) in [5.74, 6) is -0.0330. The molecular weight excluding hydrogens is 522 g/mol. The van der Waals surface area contributed by atoms with Gasteiger partial charge in [0.2, 0.25) is 10.0 Å². The molecule has 2 atom stereocenters. The van der Waals surface area contributed by atoms with Crippen LogP contribution in [0.3, 0.4) is 0 Å². The molecule has 0 aliphatic rings. The molecule has 0 unspecified atom stereocenters. The number of aliphatic hydroxyl groups excluding tert-OH is 1. The first-order valence-corrected chi connectivity index (χ1v) is 13.9. The standard InChI is InChI=1S/C27H31N5O6S/c1-19(2)16-32(39(35,36)22-10-11-23-24(14-22)31-38-30-23)17-26(33)25(13-20-7-4-3-5-8-20)29-27(34)37-18-21-9-6-12-28-15-21/h3-12,14-15,19,25-26,33H,13,16-18H2,1-2H3,(H,29,34)/t25-,26+/m0/s1. The van der Waals surface area contributed by atoms with Gasteiger partial charge in [-0.15, -0.1) is 0 Å². The molecule has 2 heterocycles. The van der Waals surface area contributed by atoms with E-state index in [2.05, 4.69) is 20.6 Å². The van der Waals surface area contributed by atoms with Gasteiger partial charge in [0.15, 0.2) is 0 Å². The maximum atomic E-state index is 13.6. The predicted octanol–water partition coefficient (Wildman–Crippen LogP) is 3.16. The number of benzene rings is 2. The van der Waals surface area contributed by atoms with E-state index in [1.807, 2.05) is 44.2 Å². The monoisotopic (exact) mass is 553 g/mol. The number of rotatable bonds is 12. The third-order valence-corrected chi connectivity index (χ3v) is 7.81. The SMILES string of the molecule is CC(C)CN(C[C@@H](O)[C@H](Cc1ccccc1)NC(=O)OCc1cccnc1)S(=O)(=O)c1ccc2nonc2c1. The van der Waals surface area contributed by atoms with Crippen molar-refractivity contribution in [1.82, 2.24) is 24.9 Å². The van der Waals surface area contributed by atoms with E-state index in [0.29, 0.717) is 16.6 Å². The maximum Gasteiger partial charge on any atom is 0.407 e. The summed E-state index contributed by atoms with van der Waals surface area (Å²) in [6.07, 6.45) is 1.48. The summed E-state index contributed by atoms with van der Waals surface area (Å²) in [5.41, 5.74) is 2.31. The summed E-state index contributed by atoms with van der Waals surface area (Å²) in [5, 5.41) is 21.5. The zero-order valence-electron chi connectivity index (χ0n) is 21.7. The lowest BCUT2D eigenvalue weighted by Crippen LogP contribution is -2.51. The zero-order valence-corrected chi connectivity index (χ0v) is 22.5. The van der Waals surface area contributed by atoms with Crippen LogP contribution in [-0.2, 0) is 27.8 Å². The highest BCUT2D eigenvalue weighted by Gasteiger charge is 2.32. The van der Waals surface area contributed by atoms with Crippen LogP contribution in [0.4, 0.5) is 4.79 Å². The largest absolute Gasteiger partial charge is 0.445 e. The number of aromatic nitrogens is 3. The Morgan fingerprint density at radius 3 is 2.49 bits per heavy atom. The summed E-state index contributed by atoms with van der Waals surface area (Å²) in [6, 6.07) is 16.3. The average molecular weight is 554 g/mol. The van der Waals surface area contributed by atoms with Crippen molar-refractivity contribution in [3.05, 3.63) is 84.2 Å². The minimum Gasteiger partial charge on any atom is -0.445 e. The van der Waals surface area contributed by atoms with Gasteiger partial charge in [0.05, 0.1) is 17.0 Å². The highest BCUT2D eigenvalue weighted by atomic mass is 32.2. The number of hydrogen-bond acceptors (Lipinski definition) is 9. The molecule has 2 N–H and O–H groups in total. The number of amides is 1. The molecule has 0 spiro atoms. The van der Waals surface area contributed by atoms with Gasteiger partial charge in [0.1, 0.15) is 17.6 Å². The molecule has 1 amide bonds. The van der Waals surface area contributed by atoms with Gasteiger partial charge in [-0.2, -0.15) is 4.31 Å². The molecule has 2 aromatic carbocycles. The van der Waals surface area contributed by atoms with Crippen molar-refractivity contribution < 1.29 is 27.7 Å². The summed E-state index contributed by atoms with van der Waals surface area (Å²) in [7, 11) is -4.03. The highest BCUT2D eigenvalue weighted by molar-refractivity contribution is 7.89. The van der Waals surface area contributed by atoms with Crippen LogP contribution in [0.2, 0.25) is 0 Å². The van der Waals surface area contributed by atoms with Gasteiger partial charge in [0.25, 0.3) is 0 Å². The summed E-state index contributed by atoms with van der Waals surface area (Å²) >= 11 is 0. The van der Waals surface area contributed by atoms with Crippen molar-refractivity contribution in [2.75, 3.05) is 13.1 Å². The predicted molar refractivity (Wildman–Crippen MR) is 143 cm³/mol. The van der Waals surface area contributed by atoms with Gasteiger partial charge in [0, 0.05) is 31.0 Å². The molecule has 0 bridgehead atoms. The van der Waals surface area contributed by atoms with Gasteiger partial charge in [-0.25, -0.2) is 17.8 Å². The molecule has 0 saturated carbocycles. The lowest BCUT2D eigenvalue weighted by atomic mass is 10.0. The van der Waals surface area contributed by atoms with Gasteiger partial charge in [-0.3, -0.25) is 4.98 Å². The second-order valence-electron chi connectivity index (χ2n) is 9.58. The van der Waals surface area contributed by atoms with Crippen molar-refractivity contribution in [1.29, 1.82) is 0 Å². The van der Waals surface area contributed by atoms with Crippen LogP contribution in [0, 0.1) is 5.92 Å². The molecule has 0 radical (unpaired) electrons. The second-order valence-corrected chi connectivity index (χ2v) is 11.5. The maximum absolute atomic E-state index is 13.6. The Labute approximate surface area is 226 Å². The highest BCUT2D eigenvalue weighted by Crippen LogP contribution is 2.22. The van der Waals surface area contributed by atoms with Gasteiger partial charge in [-0.1, -0.05) is 50.2 Å². The molecule has 4 rings (SSSR count). The first kappa shape index (κ1) is 28.1. The van der Waals surface area contributed by atoms with E-state index in [0.717, 1.165) is 5.56 Å². The number of alkyl carbamates (subject to hydrolysis) is 1. The fourth-order valence-electron chi connectivity index (χ4n) is 4.06. The number of aliphatic hydroxyl groups is 1. The Hall–Kier alpha value is -3.87. The smallest absolute Gasteiger partial charge is 0.407 e. The zero-order chi connectivity index (χ0) is 27.8. The summed E-state index contributed by atoms with van der Waals surface area (Å²) < 4.78 is 38.5. The minimum atomic E-state index is -4.03. The van der Waals surface area contributed by atoms with Gasteiger partial charge in [-0.05, 0) is 52.5 Å². The topological polar surface area (TPSA) is 148 Å². The van der Waals surface area contributed by atoms with Crippen LogP contribution in [0.1, 0.15) is 25.0 Å². The van der Waals surface area contributed by atoms with Crippen LogP contribution >= 0.6 is 0 Å². The summed E-state index contributed by atoms with van der Waals surface area (Å²) in [6.45, 7) is 3.67. The Morgan fingerprint density at radius 1 is 1.03 bits per heavy atom. The number of pyridine rings is 1. The molecule has 12 heteroatoms. The van der Waals surface area contributed by atoms with Crippen molar-refractivity contribution >= 4 is 27.1 Å². The number of fused-ring (bicyclic) bond motifs is 1. The first-order chi connectivity index (χ1) is 18.7. The molecular formula is C27H31N5O6S. The second kappa shape index (κ2) is 12.8. The van der Waals surface area contributed by atoms with Crippen molar-refractivity contribution in [3.8, 4) is 0 Å². The molecule has 39 heavy (non-hydrogen) atoms. The fourth-order valence-corrected chi connectivity index (χ4v) is 5.70. The molecule has 206 valence electrons. The van der Waals surface area contributed by atoms with Crippen LogP contribution in [0.15, 0.2) is 82.6 Å². The molecule has 0 fully saturated rings. The lowest BCUT2D eigenvalue weighted by Gasteiger charge is -2.30. The number of nitrogens with zero attached hydrogens (tertiary/aromatic N) is 4. The molecule has 2 aromatic heterocycles. The Kier molecular flexibility index (Phi) is 9.23. The van der Waals surface area contributed by atoms with E-state index in [1.165, 1.54) is 22.5 Å². The van der Waals surface area contributed by atoms with Crippen LogP contribution in [-0.4, -0.2) is 64.5 Å². The van der Waals surface area contributed by atoms with Crippen LogP contribution < -0.4 is 5.32 Å². The van der Waals surface area contributed by atoms with E-state index >= 15 is 0 Å². The van der Waals surface area contributed by atoms with Crippen LogP contribution in [0.5, 0.6) is 0 Å². The van der Waals surface area contributed by atoms with Gasteiger partial charge >= 0.3 is 6.09 Å². The van der Waals surface area contributed by atoms with Gasteiger partial charge < -0.3 is 15.2 Å². The molecule has 11 nitrogen and oxygen atoms in total. The number of carbonyl (C=O) groups excluding carboxylic acids is 1. The van der Waals surface area contributed by atoms with E-state index in [4.69, 9.17) is 9.37 Å². The van der Waals surface area contributed by atoms with E-state index in [-0.39, 0.29) is 36.9 Å². The van der Waals surface area contributed by atoms with Crippen molar-refractivity contribution in [2.45, 2.75) is 43.9 Å². The summed E-state index contributed by atoms with van der Waals surface area (Å²) in [4.78, 5) is 16.7. The molecule has 0 aliphatic carbocycles. The van der Waals surface area contributed by atoms with E-state index in [1.54, 1.807) is 24.5 Å². The Bertz CT molecular complexity index is 1460. The number of carbonyl (C=O) groups is 1. The molecule has 0 aliphatic heterocycles. The quantitative estimate of drug-likeness (QED) is 0.270. The molecule has 4 aromatic rings. The minimum absolute atomic E-state index is 0.00105. The third kappa shape index (κ3) is 7.59. The third-order valence-electron chi connectivity index (χ3n) is 5.98. The van der Waals surface area contributed by atoms with E-state index < -0.39 is 28.3 Å². The Balaban J connectivity index is 1.54. The van der Waals surface area contributed by atoms with Crippen LogP contribution in [0.25, 0.3) is 11.0 Å². The van der Waals surface area contributed by atoms with Crippen molar-refractivity contribution in [3.63, 3.8) is 0 Å². The number of sulfonamides is 1.